The van der Waals surface area contributed by atoms with Crippen LogP contribution in [0.25, 0.3) is 0 Å². The fourth-order valence-electron chi connectivity index (χ4n) is 9.54. The lowest BCUT2D eigenvalue weighted by Gasteiger charge is -2.27. The highest BCUT2D eigenvalue weighted by Gasteiger charge is 2.34. The van der Waals surface area contributed by atoms with Crippen LogP contribution in [0.4, 0.5) is 0 Å². The second-order valence-corrected chi connectivity index (χ2v) is 23.5. The SMILES string of the molecule is CC[C@H](C(=O)N[C@H](C(=O)O[C@@H](Cc1cnc[nH]1)C(=O)CN[C@@H](CCCCNC(=O)COCCOCCNC(=O)COCCOCCCC(=O)CC[C@H](NC(=O)CCCCCCCCCOc1ccc(C(=O)O)cc1)C(=O)O)C(=O)C[C@@H](C)C(C)=O)C(C)C)[C@@H](C)CC. The van der Waals surface area contributed by atoms with Gasteiger partial charge in [-0.1, -0.05) is 80.1 Å². The number of nitrogens with one attached hydrogen (secondary N) is 6. The molecule has 26 nitrogen and oxygen atoms in total. The molecule has 0 saturated carbocycles. The van der Waals surface area contributed by atoms with E-state index in [0.29, 0.717) is 50.2 Å². The summed E-state index contributed by atoms with van der Waals surface area (Å²) in [5.41, 5.74) is 0.739. The van der Waals surface area contributed by atoms with Crippen LogP contribution in [0, 0.1) is 23.7 Å². The number of carbonyl (C=O) groups excluding carboxylic acids is 9. The number of H-pyrrole nitrogens is 1. The molecule has 0 aliphatic rings. The number of hydrogen-bond acceptors (Lipinski definition) is 19. The summed E-state index contributed by atoms with van der Waals surface area (Å²) in [7, 11) is 0. The lowest BCUT2D eigenvalue weighted by molar-refractivity contribution is -0.159. The molecule has 26 heteroatoms. The summed E-state index contributed by atoms with van der Waals surface area (Å²) in [6, 6.07) is 3.29. The van der Waals surface area contributed by atoms with E-state index in [9.17, 15) is 57.8 Å². The Hall–Kier alpha value is -7.00. The number of aromatic nitrogens is 2. The number of benzene rings is 1. The molecule has 2 rings (SSSR count). The van der Waals surface area contributed by atoms with Crippen LogP contribution in [0.2, 0.25) is 0 Å². The number of esters is 1. The van der Waals surface area contributed by atoms with Crippen molar-refractivity contribution in [3.63, 3.8) is 0 Å². The number of aromatic amines is 1. The van der Waals surface area contributed by atoms with E-state index in [1.54, 1.807) is 32.9 Å². The number of unbranched alkanes of at least 4 members (excludes halogenated alkanes) is 7. The number of ether oxygens (including phenoxy) is 6. The first-order valence-electron chi connectivity index (χ1n) is 32.7. The molecule has 0 bridgehead atoms. The number of aromatic carboxylic acids is 1. The van der Waals surface area contributed by atoms with Crippen LogP contribution in [0.3, 0.4) is 0 Å². The smallest absolute Gasteiger partial charge is 0.335 e. The number of carboxylic acids is 2. The van der Waals surface area contributed by atoms with Crippen molar-refractivity contribution >= 4 is 64.7 Å². The van der Waals surface area contributed by atoms with Crippen molar-refractivity contribution in [1.29, 1.82) is 0 Å². The molecule has 0 spiro atoms. The molecule has 0 radical (unpaired) electrons. The highest BCUT2D eigenvalue weighted by Crippen LogP contribution is 2.21. The van der Waals surface area contributed by atoms with Gasteiger partial charge in [0, 0.05) is 75.5 Å². The highest BCUT2D eigenvalue weighted by molar-refractivity contribution is 5.92. The van der Waals surface area contributed by atoms with Gasteiger partial charge >= 0.3 is 17.9 Å². The second-order valence-electron chi connectivity index (χ2n) is 23.5. The van der Waals surface area contributed by atoms with E-state index >= 15 is 0 Å². The van der Waals surface area contributed by atoms with Gasteiger partial charge in [0.15, 0.2) is 11.9 Å². The maximum Gasteiger partial charge on any atom is 0.335 e. The summed E-state index contributed by atoms with van der Waals surface area (Å²) in [6.07, 6.45) is 11.2. The van der Waals surface area contributed by atoms with E-state index < -0.39 is 53.8 Å². The topological polar surface area (TPSA) is 372 Å². The minimum Gasteiger partial charge on any atom is -0.494 e. The van der Waals surface area contributed by atoms with Crippen LogP contribution in [-0.4, -0.2) is 188 Å². The molecule has 0 aliphatic heterocycles. The lowest BCUT2D eigenvalue weighted by atomic mass is 9.88. The predicted molar refractivity (Wildman–Crippen MR) is 340 cm³/mol. The average molecular weight is 1300 g/mol. The zero-order chi connectivity index (χ0) is 68.1. The number of hydrogen-bond donors (Lipinski definition) is 8. The van der Waals surface area contributed by atoms with E-state index in [2.05, 4.69) is 36.6 Å². The molecule has 8 N–H and O–H groups in total. The Balaban J connectivity index is 1.55. The van der Waals surface area contributed by atoms with Crippen molar-refractivity contribution in [2.45, 2.75) is 195 Å². The van der Waals surface area contributed by atoms with Gasteiger partial charge in [-0.2, -0.15) is 0 Å². The Morgan fingerprint density at radius 1 is 0.609 bits per heavy atom. The lowest BCUT2D eigenvalue weighted by Crippen LogP contribution is -2.50. The van der Waals surface area contributed by atoms with Crippen LogP contribution in [0.1, 0.15) is 180 Å². The number of aliphatic carboxylic acids is 1. The number of Topliss-reactive ketones (excluding diaryl/α,β-unsaturated/α-hetero) is 4. The third-order valence-corrected chi connectivity index (χ3v) is 15.5. The van der Waals surface area contributed by atoms with E-state index in [0.717, 1.165) is 44.9 Å². The van der Waals surface area contributed by atoms with Gasteiger partial charge in [-0.05, 0) is 94.4 Å². The molecular formula is C66H105N7O19. The predicted octanol–water partition coefficient (Wildman–Crippen LogP) is 5.85. The fraction of sp³-hybridized carbons (Fsp3) is 0.697. The van der Waals surface area contributed by atoms with Gasteiger partial charge in [-0.25, -0.2) is 19.4 Å². The molecule has 0 saturated heterocycles. The van der Waals surface area contributed by atoms with E-state index in [4.69, 9.17) is 33.5 Å². The number of carboxylic acid groups (broad SMARTS) is 2. The summed E-state index contributed by atoms with van der Waals surface area (Å²) in [4.78, 5) is 146. The zero-order valence-corrected chi connectivity index (χ0v) is 55.3. The van der Waals surface area contributed by atoms with E-state index in [1.165, 1.54) is 31.6 Å². The Kier molecular flexibility index (Phi) is 42.9. The quantitative estimate of drug-likeness (QED) is 0.0284. The molecular weight excluding hydrogens is 1190 g/mol. The molecule has 4 amide bonds. The molecule has 518 valence electrons. The summed E-state index contributed by atoms with van der Waals surface area (Å²) in [5.74, 6) is -5.84. The molecule has 1 aromatic heterocycles. The van der Waals surface area contributed by atoms with Crippen LogP contribution in [0.15, 0.2) is 36.8 Å². The van der Waals surface area contributed by atoms with Gasteiger partial charge in [-0.15, -0.1) is 0 Å². The minimum atomic E-state index is -1.28. The van der Waals surface area contributed by atoms with Crippen LogP contribution in [0.5, 0.6) is 5.75 Å². The maximum atomic E-state index is 13.8. The molecule has 0 aliphatic carbocycles. The number of carbonyl (C=O) groups is 11. The molecule has 0 fully saturated rings. The summed E-state index contributed by atoms with van der Waals surface area (Å²) in [6.45, 7) is 13.9. The van der Waals surface area contributed by atoms with Gasteiger partial charge in [0.25, 0.3) is 0 Å². The maximum absolute atomic E-state index is 13.8. The first-order valence-corrected chi connectivity index (χ1v) is 32.7. The minimum absolute atomic E-state index is 0.00162. The van der Waals surface area contributed by atoms with Crippen molar-refractivity contribution in [3.8, 4) is 5.75 Å². The summed E-state index contributed by atoms with van der Waals surface area (Å²) >= 11 is 0. The highest BCUT2D eigenvalue weighted by atomic mass is 16.6. The third kappa shape index (κ3) is 36.9. The van der Waals surface area contributed by atoms with Crippen LogP contribution in [-0.2, 0) is 78.1 Å². The average Bonchev–Trinajstić information content (AvgIpc) is 1.22. The number of rotatable bonds is 57. The van der Waals surface area contributed by atoms with Crippen molar-refractivity contribution in [2.24, 2.45) is 23.7 Å². The first-order chi connectivity index (χ1) is 44.1. The summed E-state index contributed by atoms with van der Waals surface area (Å²) in [5, 5.41) is 32.5. The molecule has 0 unspecified atom stereocenters. The van der Waals surface area contributed by atoms with Crippen molar-refractivity contribution in [1.82, 2.24) is 36.6 Å². The third-order valence-electron chi connectivity index (χ3n) is 15.5. The van der Waals surface area contributed by atoms with Crippen molar-refractivity contribution < 1.29 is 91.4 Å². The summed E-state index contributed by atoms with van der Waals surface area (Å²) < 4.78 is 33.2. The molecule has 7 atom stereocenters. The van der Waals surface area contributed by atoms with Gasteiger partial charge in [0.1, 0.15) is 48.4 Å². The number of ketones is 4. The molecule has 1 heterocycles. The molecule has 1 aromatic carbocycles. The van der Waals surface area contributed by atoms with Gasteiger partial charge < -0.3 is 70.2 Å². The molecule has 92 heavy (non-hydrogen) atoms. The standard InChI is InChI=1S/C66H105N7O19/c1-8-46(5)53(9-2)63(81)73-62(45(3)4)66(86)92-58(39-50-40-67-44-71-50)57(77)41-70-54(56(76)38-47(6)48(7)74)21-16-17-29-68-60(79)42-90-37-35-88-33-30-69-61(80)43-89-36-34-87-31-19-20-51(75)25-28-55(65(84)85)72-59(78)22-15-13-11-10-12-14-18-32-91-52-26-23-49(24-27-52)64(82)83/h23-24,26-27,40,44-47,53-55,58,62,70H,8-22,25,28-39,41-43H2,1-7H3,(H,67,71)(H,68,79)(H,69,80)(H,72,78)(H,73,81)(H,82,83)(H,84,85)/t46-,47+,53-,54-,55-,58-,62-/m0/s1. The van der Waals surface area contributed by atoms with E-state index in [-0.39, 0.29) is 182 Å². The Morgan fingerprint density at radius 3 is 1.84 bits per heavy atom. The van der Waals surface area contributed by atoms with Crippen molar-refractivity contribution in [2.75, 3.05) is 79.1 Å². The Labute approximate surface area is 542 Å². The molecule has 2 aromatic rings. The van der Waals surface area contributed by atoms with Crippen molar-refractivity contribution in [3.05, 3.63) is 48.0 Å². The van der Waals surface area contributed by atoms with E-state index in [1.807, 2.05) is 20.8 Å². The number of imidazole rings is 1. The zero-order valence-electron chi connectivity index (χ0n) is 55.3. The normalized spacial score (nSPS) is 13.6. The Morgan fingerprint density at radius 2 is 1.24 bits per heavy atom. The van der Waals surface area contributed by atoms with Crippen LogP contribution < -0.4 is 31.3 Å². The number of amides is 4. The van der Waals surface area contributed by atoms with Gasteiger partial charge in [0.2, 0.25) is 23.6 Å². The fourth-order valence-corrected chi connectivity index (χ4v) is 9.54. The number of nitrogens with zero attached hydrogens (tertiary/aromatic N) is 1. The second kappa shape index (κ2) is 48.7. The van der Waals surface area contributed by atoms with Gasteiger partial charge in [-0.3, -0.25) is 38.4 Å². The van der Waals surface area contributed by atoms with Gasteiger partial charge in [0.05, 0.1) is 64.1 Å². The monoisotopic (exact) mass is 1300 g/mol. The van der Waals surface area contributed by atoms with Crippen LogP contribution >= 0.6 is 0 Å². The largest absolute Gasteiger partial charge is 0.494 e. The Bertz CT molecular complexity index is 2510. The first kappa shape index (κ1) is 81.1.